The van der Waals surface area contributed by atoms with Gasteiger partial charge in [-0.05, 0) is 6.92 Å². The van der Waals surface area contributed by atoms with E-state index in [1.165, 1.54) is 6.20 Å². The van der Waals surface area contributed by atoms with Crippen molar-refractivity contribution in [3.8, 4) is 12.3 Å². The minimum absolute atomic E-state index is 0.0114. The van der Waals surface area contributed by atoms with Gasteiger partial charge in [-0.1, -0.05) is 0 Å². The van der Waals surface area contributed by atoms with Crippen LogP contribution < -0.4 is 5.32 Å². The van der Waals surface area contributed by atoms with E-state index in [9.17, 15) is 18.0 Å². The van der Waals surface area contributed by atoms with Crippen LogP contribution in [0.2, 0.25) is 0 Å². The third kappa shape index (κ3) is 3.51. The fourth-order valence-electron chi connectivity index (χ4n) is 2.51. The quantitative estimate of drug-likeness (QED) is 0.800. The number of aryl methyl sites for hydroxylation is 1. The molecule has 10 heteroatoms. The molecular weight excluding hydrogens is 349 g/mol. The third-order valence-electron chi connectivity index (χ3n) is 4.03. The van der Waals surface area contributed by atoms with E-state index in [2.05, 4.69) is 31.5 Å². The summed E-state index contributed by atoms with van der Waals surface area (Å²) in [5.41, 5.74) is -1.53. The predicted molar refractivity (Wildman–Crippen MR) is 85.3 cm³/mol. The Kier molecular flexibility index (Phi) is 4.39. The van der Waals surface area contributed by atoms with Gasteiger partial charge < -0.3 is 5.32 Å². The van der Waals surface area contributed by atoms with E-state index in [0.717, 1.165) is 4.52 Å². The molecule has 26 heavy (non-hydrogen) atoms. The van der Waals surface area contributed by atoms with Crippen LogP contribution in [0.1, 0.15) is 41.0 Å². The van der Waals surface area contributed by atoms with Crippen molar-refractivity contribution in [3.05, 3.63) is 29.2 Å². The standard InChI is InChI=1S/C16H15F3N6O/c1-3-4-5-15(23-24-15)6-7-20-14(26)11-8-12(16(17,18)19)22-13-10(2)9-21-25(11)13/h1,8-9H,4-7H2,2H3,(H,20,26). The lowest BCUT2D eigenvalue weighted by atomic mass is 10.0. The van der Waals surface area contributed by atoms with Crippen molar-refractivity contribution < 1.29 is 18.0 Å². The lowest BCUT2D eigenvalue weighted by Gasteiger charge is -2.12. The Hall–Kier alpha value is -2.96. The van der Waals surface area contributed by atoms with E-state index >= 15 is 0 Å². The van der Waals surface area contributed by atoms with Crippen molar-refractivity contribution in [2.45, 2.75) is 38.0 Å². The van der Waals surface area contributed by atoms with Crippen LogP contribution in [0.3, 0.4) is 0 Å². The number of carbonyl (C=O) groups excluding carboxylic acids is 1. The maximum absolute atomic E-state index is 13.1. The van der Waals surface area contributed by atoms with E-state index in [0.29, 0.717) is 30.9 Å². The van der Waals surface area contributed by atoms with Crippen molar-refractivity contribution in [1.29, 1.82) is 0 Å². The smallest absolute Gasteiger partial charge is 0.351 e. The molecule has 1 amide bonds. The fourth-order valence-corrected chi connectivity index (χ4v) is 2.51. The number of aromatic nitrogens is 3. The maximum Gasteiger partial charge on any atom is 0.433 e. The second-order valence-corrected chi connectivity index (χ2v) is 5.98. The van der Waals surface area contributed by atoms with Gasteiger partial charge >= 0.3 is 6.18 Å². The van der Waals surface area contributed by atoms with Gasteiger partial charge in [-0.2, -0.15) is 28.5 Å². The summed E-state index contributed by atoms with van der Waals surface area (Å²) in [6, 6.07) is 0.689. The Balaban J connectivity index is 1.77. The van der Waals surface area contributed by atoms with Crippen molar-refractivity contribution >= 4 is 11.6 Å². The van der Waals surface area contributed by atoms with E-state index < -0.39 is 23.4 Å². The number of nitrogens with zero attached hydrogens (tertiary/aromatic N) is 5. The van der Waals surface area contributed by atoms with E-state index in [4.69, 9.17) is 6.42 Å². The molecule has 0 saturated carbocycles. The number of halogens is 3. The highest BCUT2D eigenvalue weighted by Crippen LogP contribution is 2.36. The summed E-state index contributed by atoms with van der Waals surface area (Å²) in [7, 11) is 0. The average molecular weight is 364 g/mol. The first-order chi connectivity index (χ1) is 12.3. The molecule has 1 N–H and O–H groups in total. The lowest BCUT2D eigenvalue weighted by Crippen LogP contribution is -2.30. The summed E-state index contributed by atoms with van der Waals surface area (Å²) in [6.45, 7) is 1.77. The number of amides is 1. The second-order valence-electron chi connectivity index (χ2n) is 5.98. The molecule has 0 spiro atoms. The number of rotatable bonds is 6. The molecule has 0 atom stereocenters. The summed E-state index contributed by atoms with van der Waals surface area (Å²) in [6.07, 6.45) is 3.41. The van der Waals surface area contributed by atoms with Crippen LogP contribution in [0.15, 0.2) is 22.5 Å². The monoisotopic (exact) mass is 364 g/mol. The van der Waals surface area contributed by atoms with Crippen LogP contribution in [0, 0.1) is 19.3 Å². The van der Waals surface area contributed by atoms with Crippen molar-refractivity contribution in [2.75, 3.05) is 6.54 Å². The Morgan fingerprint density at radius 2 is 2.12 bits per heavy atom. The SMILES string of the molecule is C#CCCC1(CCNC(=O)c2cc(C(F)(F)F)nc3c(C)cnn23)N=N1. The Morgan fingerprint density at radius 1 is 1.38 bits per heavy atom. The molecule has 0 aliphatic carbocycles. The van der Waals surface area contributed by atoms with Crippen LogP contribution >= 0.6 is 0 Å². The first-order valence-electron chi connectivity index (χ1n) is 7.84. The Morgan fingerprint density at radius 3 is 2.73 bits per heavy atom. The molecule has 0 fully saturated rings. The highest BCUT2D eigenvalue weighted by atomic mass is 19.4. The van der Waals surface area contributed by atoms with Crippen molar-refractivity contribution in [3.63, 3.8) is 0 Å². The number of hydrogen-bond donors (Lipinski definition) is 1. The molecule has 3 rings (SSSR count). The number of terminal acetylenes is 1. The van der Waals surface area contributed by atoms with E-state index in [1.807, 2.05) is 0 Å². The number of fused-ring (bicyclic) bond motifs is 1. The van der Waals surface area contributed by atoms with Crippen LogP contribution in [0.25, 0.3) is 5.65 Å². The largest absolute Gasteiger partial charge is 0.433 e. The summed E-state index contributed by atoms with van der Waals surface area (Å²) in [5, 5.41) is 14.4. The summed E-state index contributed by atoms with van der Waals surface area (Å²) >= 11 is 0. The van der Waals surface area contributed by atoms with Crippen molar-refractivity contribution in [1.82, 2.24) is 19.9 Å². The second kappa shape index (κ2) is 6.40. The summed E-state index contributed by atoms with van der Waals surface area (Å²) < 4.78 is 40.3. The van der Waals surface area contributed by atoms with Crippen LogP contribution in [0.4, 0.5) is 13.2 Å². The molecule has 2 aromatic rings. The molecule has 0 unspecified atom stereocenters. The van der Waals surface area contributed by atoms with Gasteiger partial charge in [-0.15, -0.1) is 12.3 Å². The van der Waals surface area contributed by atoms with Crippen LogP contribution in [0.5, 0.6) is 0 Å². The number of alkyl halides is 3. The highest BCUT2D eigenvalue weighted by molar-refractivity contribution is 5.93. The van der Waals surface area contributed by atoms with E-state index in [1.54, 1.807) is 6.92 Å². The maximum atomic E-state index is 13.1. The van der Waals surface area contributed by atoms with Crippen LogP contribution in [-0.4, -0.2) is 32.7 Å². The normalized spacial score (nSPS) is 15.0. The number of nitrogens with one attached hydrogen (secondary N) is 1. The molecule has 2 aromatic heterocycles. The fraction of sp³-hybridized carbons (Fsp3) is 0.438. The molecule has 7 nitrogen and oxygen atoms in total. The molecule has 0 bridgehead atoms. The molecule has 0 aromatic carbocycles. The summed E-state index contributed by atoms with van der Waals surface area (Å²) in [5.74, 6) is 1.82. The number of hydrogen-bond acceptors (Lipinski definition) is 5. The van der Waals surface area contributed by atoms with Gasteiger partial charge in [0.2, 0.25) is 0 Å². The third-order valence-corrected chi connectivity index (χ3v) is 4.03. The molecule has 0 radical (unpaired) electrons. The average Bonchev–Trinajstić information content (AvgIpc) is 3.26. The zero-order chi connectivity index (χ0) is 18.9. The van der Waals surface area contributed by atoms with Gasteiger partial charge in [-0.3, -0.25) is 4.79 Å². The first-order valence-corrected chi connectivity index (χ1v) is 7.84. The summed E-state index contributed by atoms with van der Waals surface area (Å²) in [4.78, 5) is 16.0. The number of carbonyl (C=O) groups is 1. The molecule has 0 saturated heterocycles. The predicted octanol–water partition coefficient (Wildman–Crippen LogP) is 2.75. The van der Waals surface area contributed by atoms with Crippen molar-refractivity contribution in [2.24, 2.45) is 10.2 Å². The zero-order valence-electron chi connectivity index (χ0n) is 13.8. The van der Waals surface area contributed by atoms with Gasteiger partial charge in [0.1, 0.15) is 11.4 Å². The molecule has 1 aliphatic heterocycles. The Bertz CT molecular complexity index is 918. The molecular formula is C16H15F3N6O. The Labute approximate surface area is 146 Å². The first kappa shape index (κ1) is 17.8. The highest BCUT2D eigenvalue weighted by Gasteiger charge is 2.39. The topological polar surface area (TPSA) is 84.0 Å². The van der Waals surface area contributed by atoms with Gasteiger partial charge in [0.05, 0.1) is 6.20 Å². The van der Waals surface area contributed by atoms with E-state index in [-0.39, 0.29) is 17.9 Å². The molecule has 136 valence electrons. The van der Waals surface area contributed by atoms with Gasteiger partial charge in [0.25, 0.3) is 5.91 Å². The van der Waals surface area contributed by atoms with Crippen LogP contribution in [-0.2, 0) is 6.18 Å². The lowest BCUT2D eigenvalue weighted by molar-refractivity contribution is -0.141. The minimum atomic E-state index is -4.67. The zero-order valence-corrected chi connectivity index (χ0v) is 13.8. The molecule has 3 heterocycles. The van der Waals surface area contributed by atoms with Gasteiger partial charge in [0, 0.05) is 37.4 Å². The van der Waals surface area contributed by atoms with Gasteiger partial charge in [0.15, 0.2) is 11.3 Å². The van der Waals surface area contributed by atoms with Gasteiger partial charge in [-0.25, -0.2) is 9.50 Å². The minimum Gasteiger partial charge on any atom is -0.351 e. The molecule has 1 aliphatic rings.